The Morgan fingerprint density at radius 1 is 0.833 bits per heavy atom. The fourth-order valence-electron chi connectivity index (χ4n) is 2.05. The standard InChI is InChI=1S/C15H16O2Si/c1-18-10-15(11-2-6-13(16)7-3-11)12-4-8-14(17)9-5-12/h2-9,15-17H,10H2,1H3. The first kappa shape index (κ1) is 12.7. The fourth-order valence-corrected chi connectivity index (χ4v) is 2.93. The van der Waals surface area contributed by atoms with Crippen molar-refractivity contribution >= 4 is 9.52 Å². The van der Waals surface area contributed by atoms with Crippen molar-refractivity contribution < 1.29 is 10.2 Å². The zero-order valence-electron chi connectivity index (χ0n) is 10.3. The van der Waals surface area contributed by atoms with Gasteiger partial charge in [0.25, 0.3) is 0 Å². The molecular formula is C15H16O2Si. The molecule has 2 nitrogen and oxygen atoms in total. The smallest absolute Gasteiger partial charge is 0.115 e. The molecule has 0 aromatic heterocycles. The number of phenolic OH excluding ortho intramolecular Hbond substituents is 2. The molecule has 0 aliphatic carbocycles. The lowest BCUT2D eigenvalue weighted by atomic mass is 9.93. The van der Waals surface area contributed by atoms with Crippen LogP contribution in [0.3, 0.4) is 0 Å². The van der Waals surface area contributed by atoms with Gasteiger partial charge >= 0.3 is 0 Å². The molecule has 0 bridgehead atoms. The summed E-state index contributed by atoms with van der Waals surface area (Å²) < 4.78 is 0. The van der Waals surface area contributed by atoms with Crippen LogP contribution in [0, 0.1) is 0 Å². The Balaban J connectivity index is 2.33. The van der Waals surface area contributed by atoms with E-state index in [4.69, 9.17) is 0 Å². The SMILES string of the molecule is C[Si]CC(c1ccc(O)cc1)c1ccc(O)cc1. The van der Waals surface area contributed by atoms with Crippen LogP contribution < -0.4 is 0 Å². The molecule has 92 valence electrons. The van der Waals surface area contributed by atoms with Crippen molar-refractivity contribution in [2.24, 2.45) is 0 Å². The Kier molecular flexibility index (Phi) is 4.05. The zero-order chi connectivity index (χ0) is 13.0. The molecule has 0 heterocycles. The van der Waals surface area contributed by atoms with Crippen molar-refractivity contribution in [3.8, 4) is 11.5 Å². The minimum atomic E-state index is 0.294. The molecule has 0 saturated carbocycles. The van der Waals surface area contributed by atoms with E-state index in [0.29, 0.717) is 17.4 Å². The van der Waals surface area contributed by atoms with Crippen LogP contribution in [0.2, 0.25) is 12.6 Å². The van der Waals surface area contributed by atoms with E-state index in [1.807, 2.05) is 24.3 Å². The van der Waals surface area contributed by atoms with Gasteiger partial charge in [-0.25, -0.2) is 0 Å². The molecule has 2 aromatic carbocycles. The van der Waals surface area contributed by atoms with E-state index in [-0.39, 0.29) is 0 Å². The van der Waals surface area contributed by atoms with Crippen LogP contribution in [0.15, 0.2) is 48.5 Å². The molecule has 0 saturated heterocycles. The van der Waals surface area contributed by atoms with Crippen molar-refractivity contribution in [1.82, 2.24) is 0 Å². The summed E-state index contributed by atoms with van der Waals surface area (Å²) in [5.41, 5.74) is 2.40. The van der Waals surface area contributed by atoms with E-state index >= 15 is 0 Å². The van der Waals surface area contributed by atoms with E-state index in [9.17, 15) is 10.2 Å². The maximum atomic E-state index is 9.34. The molecule has 0 atom stereocenters. The topological polar surface area (TPSA) is 40.5 Å². The highest BCUT2D eigenvalue weighted by molar-refractivity contribution is 6.33. The predicted molar refractivity (Wildman–Crippen MR) is 74.5 cm³/mol. The first-order valence-electron chi connectivity index (χ1n) is 5.93. The lowest BCUT2D eigenvalue weighted by Crippen LogP contribution is -2.02. The molecular weight excluding hydrogens is 240 g/mol. The van der Waals surface area contributed by atoms with Gasteiger partial charge in [-0.2, -0.15) is 0 Å². The van der Waals surface area contributed by atoms with Crippen molar-refractivity contribution in [3.05, 3.63) is 59.7 Å². The largest absolute Gasteiger partial charge is 0.508 e. The summed E-state index contributed by atoms with van der Waals surface area (Å²) in [6, 6.07) is 15.8. The molecule has 0 spiro atoms. The minimum absolute atomic E-state index is 0.294. The van der Waals surface area contributed by atoms with Crippen LogP contribution >= 0.6 is 0 Å². The molecule has 2 N–H and O–H groups in total. The quantitative estimate of drug-likeness (QED) is 0.823. The van der Waals surface area contributed by atoms with Gasteiger partial charge in [0, 0.05) is 15.4 Å². The van der Waals surface area contributed by atoms with E-state index in [2.05, 4.69) is 6.55 Å². The summed E-state index contributed by atoms with van der Waals surface area (Å²) in [5, 5.41) is 18.7. The minimum Gasteiger partial charge on any atom is -0.508 e. The summed E-state index contributed by atoms with van der Waals surface area (Å²) in [5.74, 6) is 0.916. The number of phenols is 2. The van der Waals surface area contributed by atoms with Crippen LogP contribution in [-0.4, -0.2) is 19.7 Å². The number of benzene rings is 2. The Morgan fingerprint density at radius 2 is 1.22 bits per heavy atom. The van der Waals surface area contributed by atoms with Crippen molar-refractivity contribution in [3.63, 3.8) is 0 Å². The highest BCUT2D eigenvalue weighted by Crippen LogP contribution is 2.30. The Labute approximate surface area is 110 Å². The Morgan fingerprint density at radius 3 is 1.56 bits per heavy atom. The summed E-state index contributed by atoms with van der Waals surface area (Å²) in [6.07, 6.45) is 0. The normalized spacial score (nSPS) is 10.8. The molecule has 0 unspecified atom stereocenters. The summed E-state index contributed by atoms with van der Waals surface area (Å²) in [4.78, 5) is 0. The first-order valence-corrected chi connectivity index (χ1v) is 7.64. The molecule has 18 heavy (non-hydrogen) atoms. The third kappa shape index (κ3) is 2.93. The molecule has 2 rings (SSSR count). The van der Waals surface area contributed by atoms with Crippen LogP contribution in [0.25, 0.3) is 0 Å². The van der Waals surface area contributed by atoms with Crippen LogP contribution in [0.4, 0.5) is 0 Å². The highest BCUT2D eigenvalue weighted by Gasteiger charge is 2.13. The maximum Gasteiger partial charge on any atom is 0.115 e. The monoisotopic (exact) mass is 256 g/mol. The lowest BCUT2D eigenvalue weighted by Gasteiger charge is -2.17. The summed E-state index contributed by atoms with van der Waals surface area (Å²) >= 11 is 0. The van der Waals surface area contributed by atoms with Crippen molar-refractivity contribution in [2.75, 3.05) is 0 Å². The average molecular weight is 256 g/mol. The first-order chi connectivity index (χ1) is 8.70. The van der Waals surface area contributed by atoms with Gasteiger partial charge in [-0.3, -0.25) is 0 Å². The van der Waals surface area contributed by atoms with Gasteiger partial charge in [0.15, 0.2) is 0 Å². The second-order valence-electron chi connectivity index (χ2n) is 4.29. The average Bonchev–Trinajstić information content (AvgIpc) is 2.39. The van der Waals surface area contributed by atoms with Gasteiger partial charge in [-0.05, 0) is 35.4 Å². The lowest BCUT2D eigenvalue weighted by molar-refractivity contribution is 0.475. The number of rotatable bonds is 4. The van der Waals surface area contributed by atoms with Crippen LogP contribution in [-0.2, 0) is 0 Å². The predicted octanol–water partition coefficient (Wildman–Crippen LogP) is 3.40. The zero-order valence-corrected chi connectivity index (χ0v) is 11.3. The molecule has 3 heteroatoms. The van der Waals surface area contributed by atoms with Gasteiger partial charge in [-0.15, -0.1) is 0 Å². The molecule has 0 aliphatic heterocycles. The molecule has 0 aliphatic rings. The summed E-state index contributed by atoms with van der Waals surface area (Å²) in [6.45, 7) is 2.19. The van der Waals surface area contributed by atoms with Crippen LogP contribution in [0.5, 0.6) is 11.5 Å². The Hall–Kier alpha value is -1.74. The Bertz CT molecular complexity index is 445. The third-order valence-corrected chi connectivity index (χ3v) is 3.82. The van der Waals surface area contributed by atoms with E-state index in [0.717, 1.165) is 15.6 Å². The van der Waals surface area contributed by atoms with Crippen molar-refractivity contribution in [2.45, 2.75) is 18.5 Å². The number of hydrogen-bond acceptors (Lipinski definition) is 2. The summed E-state index contributed by atoms with van der Waals surface area (Å²) in [7, 11) is 0.859. The molecule has 2 radical (unpaired) electrons. The number of aromatic hydroxyl groups is 2. The third-order valence-electron chi connectivity index (χ3n) is 3.00. The van der Waals surface area contributed by atoms with Gasteiger partial charge in [0.1, 0.15) is 11.5 Å². The van der Waals surface area contributed by atoms with Crippen molar-refractivity contribution in [1.29, 1.82) is 0 Å². The molecule has 0 fully saturated rings. The van der Waals surface area contributed by atoms with Gasteiger partial charge in [0.2, 0.25) is 0 Å². The van der Waals surface area contributed by atoms with Gasteiger partial charge in [-0.1, -0.05) is 36.9 Å². The molecule has 2 aromatic rings. The second-order valence-corrected chi connectivity index (χ2v) is 5.41. The maximum absolute atomic E-state index is 9.34. The van der Waals surface area contributed by atoms with E-state index in [1.54, 1.807) is 24.3 Å². The highest BCUT2D eigenvalue weighted by atomic mass is 28.2. The fraction of sp³-hybridized carbons (Fsp3) is 0.200. The second kappa shape index (κ2) is 5.73. The van der Waals surface area contributed by atoms with Gasteiger partial charge in [0.05, 0.1) is 0 Å². The van der Waals surface area contributed by atoms with E-state index in [1.165, 1.54) is 11.1 Å². The number of hydrogen-bond donors (Lipinski definition) is 2. The van der Waals surface area contributed by atoms with E-state index < -0.39 is 0 Å². The van der Waals surface area contributed by atoms with Gasteiger partial charge < -0.3 is 10.2 Å². The molecule has 0 amide bonds. The van der Waals surface area contributed by atoms with Crippen LogP contribution in [0.1, 0.15) is 17.0 Å².